The Bertz CT molecular complexity index is 824. The molecule has 25 heavy (non-hydrogen) atoms. The van der Waals surface area contributed by atoms with Gasteiger partial charge in [0.15, 0.2) is 0 Å². The Hall–Kier alpha value is -2.95. The Morgan fingerprint density at radius 3 is 2.76 bits per heavy atom. The molecule has 0 spiro atoms. The Balaban J connectivity index is 1.61. The monoisotopic (exact) mass is 337 g/mol. The number of benzene rings is 2. The topological polar surface area (TPSA) is 66.2 Å². The van der Waals surface area contributed by atoms with Gasteiger partial charge in [0.25, 0.3) is 0 Å². The molecule has 0 saturated carbocycles. The van der Waals surface area contributed by atoms with Gasteiger partial charge in [-0.25, -0.2) is 0 Å². The molecule has 5 nitrogen and oxygen atoms in total. The van der Waals surface area contributed by atoms with Crippen LogP contribution >= 0.6 is 0 Å². The third-order valence-corrected chi connectivity index (χ3v) is 4.17. The zero-order valence-electron chi connectivity index (χ0n) is 14.5. The molecule has 0 aliphatic rings. The number of hydrogen-bond acceptors (Lipinski definition) is 3. The average Bonchev–Trinajstić information content (AvgIpc) is 3.07. The summed E-state index contributed by atoms with van der Waals surface area (Å²) < 4.78 is 5.22. The smallest absolute Gasteiger partial charge is 0.242 e. The molecule has 1 heterocycles. The summed E-state index contributed by atoms with van der Waals surface area (Å²) in [6.45, 7) is 2.46. The highest BCUT2D eigenvalue weighted by atomic mass is 16.5. The predicted octanol–water partition coefficient (Wildman–Crippen LogP) is 3.68. The first-order chi connectivity index (χ1) is 12.2. The van der Waals surface area contributed by atoms with E-state index in [4.69, 9.17) is 4.74 Å². The maximum Gasteiger partial charge on any atom is 0.242 e. The van der Waals surface area contributed by atoms with E-state index in [1.807, 2.05) is 49.4 Å². The quantitative estimate of drug-likeness (QED) is 0.616. The lowest BCUT2D eigenvalue weighted by molar-refractivity contribution is -0.122. The number of para-hydroxylation sites is 1. The molecule has 130 valence electrons. The number of rotatable bonds is 7. The molecule has 1 amide bonds. The number of nitrogens with one attached hydrogen (secondary N) is 3. The van der Waals surface area contributed by atoms with Gasteiger partial charge in [-0.3, -0.25) is 4.79 Å². The van der Waals surface area contributed by atoms with Gasteiger partial charge in [0, 0.05) is 23.0 Å². The lowest BCUT2D eigenvalue weighted by Crippen LogP contribution is -2.38. The molecule has 1 atom stereocenters. The van der Waals surface area contributed by atoms with Crippen LogP contribution in [0, 0.1) is 0 Å². The summed E-state index contributed by atoms with van der Waals surface area (Å²) in [6.07, 6.45) is 0.690. The summed E-state index contributed by atoms with van der Waals surface area (Å²) in [4.78, 5) is 15.8. The second kappa shape index (κ2) is 7.75. The van der Waals surface area contributed by atoms with Crippen LogP contribution in [0.25, 0.3) is 10.9 Å². The van der Waals surface area contributed by atoms with Crippen LogP contribution < -0.4 is 15.4 Å². The Morgan fingerprint density at radius 1 is 1.16 bits per heavy atom. The lowest BCUT2D eigenvalue weighted by atomic mass is 10.2. The van der Waals surface area contributed by atoms with Crippen molar-refractivity contribution >= 4 is 22.5 Å². The fraction of sp³-hybridized carbons (Fsp3) is 0.250. The largest absolute Gasteiger partial charge is 0.497 e. The van der Waals surface area contributed by atoms with Crippen molar-refractivity contribution in [1.82, 2.24) is 10.3 Å². The number of fused-ring (bicyclic) bond motifs is 1. The van der Waals surface area contributed by atoms with E-state index in [0.717, 1.165) is 28.0 Å². The lowest BCUT2D eigenvalue weighted by Gasteiger charge is -2.18. The normalized spacial score (nSPS) is 11.9. The van der Waals surface area contributed by atoms with Crippen molar-refractivity contribution in [1.29, 1.82) is 0 Å². The van der Waals surface area contributed by atoms with Crippen molar-refractivity contribution in [2.75, 3.05) is 12.4 Å². The highest BCUT2D eigenvalue weighted by Gasteiger charge is 2.16. The van der Waals surface area contributed by atoms with E-state index in [0.29, 0.717) is 13.0 Å². The van der Waals surface area contributed by atoms with Gasteiger partial charge in [-0.05, 0) is 36.1 Å². The Labute approximate surface area is 147 Å². The second-order valence-corrected chi connectivity index (χ2v) is 5.94. The molecular formula is C20H23N3O2. The fourth-order valence-electron chi connectivity index (χ4n) is 2.80. The van der Waals surface area contributed by atoms with E-state index < -0.39 is 0 Å². The number of methoxy groups -OCH3 is 1. The summed E-state index contributed by atoms with van der Waals surface area (Å²) in [5.41, 5.74) is 2.94. The first-order valence-electron chi connectivity index (χ1n) is 8.44. The molecule has 1 unspecified atom stereocenters. The van der Waals surface area contributed by atoms with E-state index >= 15 is 0 Å². The molecular weight excluding hydrogens is 314 g/mol. The zero-order chi connectivity index (χ0) is 17.6. The molecule has 3 N–H and O–H groups in total. The molecule has 3 aromatic rings. The van der Waals surface area contributed by atoms with Gasteiger partial charge < -0.3 is 20.4 Å². The van der Waals surface area contributed by atoms with E-state index in [2.05, 4.69) is 27.8 Å². The highest BCUT2D eigenvalue weighted by molar-refractivity contribution is 5.85. The first kappa shape index (κ1) is 16.9. The number of carbonyl (C=O) groups is 1. The Morgan fingerprint density at radius 2 is 2.00 bits per heavy atom. The molecule has 0 fully saturated rings. The van der Waals surface area contributed by atoms with E-state index in [9.17, 15) is 4.79 Å². The maximum atomic E-state index is 12.5. The number of H-pyrrole nitrogens is 1. The third-order valence-electron chi connectivity index (χ3n) is 4.17. The minimum Gasteiger partial charge on any atom is -0.497 e. The third kappa shape index (κ3) is 4.12. The number of anilines is 1. The van der Waals surface area contributed by atoms with E-state index in [-0.39, 0.29) is 11.9 Å². The van der Waals surface area contributed by atoms with Crippen molar-refractivity contribution in [2.24, 2.45) is 0 Å². The van der Waals surface area contributed by atoms with Crippen LogP contribution in [-0.2, 0) is 11.3 Å². The fourth-order valence-corrected chi connectivity index (χ4v) is 2.80. The summed E-state index contributed by atoms with van der Waals surface area (Å²) in [6, 6.07) is 17.4. The van der Waals surface area contributed by atoms with E-state index in [1.165, 1.54) is 0 Å². The van der Waals surface area contributed by atoms with Gasteiger partial charge in [0.1, 0.15) is 11.8 Å². The van der Waals surface area contributed by atoms with Crippen molar-refractivity contribution in [3.8, 4) is 5.75 Å². The van der Waals surface area contributed by atoms with Crippen LogP contribution in [0.1, 0.15) is 19.0 Å². The van der Waals surface area contributed by atoms with Gasteiger partial charge >= 0.3 is 0 Å². The molecule has 0 aliphatic carbocycles. The van der Waals surface area contributed by atoms with Crippen molar-refractivity contribution in [2.45, 2.75) is 25.9 Å². The van der Waals surface area contributed by atoms with Gasteiger partial charge in [-0.2, -0.15) is 0 Å². The SMILES string of the molecule is CCC(Nc1cccc(OC)c1)C(=O)NCc1cc2ccccc2[nH]1. The number of ether oxygens (including phenoxy) is 1. The van der Waals surface area contributed by atoms with Gasteiger partial charge in [-0.1, -0.05) is 31.2 Å². The minimum absolute atomic E-state index is 0.0241. The minimum atomic E-state index is -0.295. The number of amides is 1. The first-order valence-corrected chi connectivity index (χ1v) is 8.44. The predicted molar refractivity (Wildman–Crippen MR) is 101 cm³/mol. The summed E-state index contributed by atoms with van der Waals surface area (Å²) in [7, 11) is 1.63. The number of aromatic nitrogens is 1. The molecule has 5 heteroatoms. The standard InChI is InChI=1S/C20H23N3O2/c1-3-18(22-15-8-6-9-17(12-15)25-2)20(24)21-13-16-11-14-7-4-5-10-19(14)23-16/h4-12,18,22-23H,3,13H2,1-2H3,(H,21,24). The Kier molecular flexibility index (Phi) is 5.23. The average molecular weight is 337 g/mol. The van der Waals surface area contributed by atoms with Crippen LogP contribution in [0.5, 0.6) is 5.75 Å². The summed E-state index contributed by atoms with van der Waals surface area (Å²) in [5, 5.41) is 7.41. The maximum absolute atomic E-state index is 12.5. The molecule has 1 aromatic heterocycles. The molecule has 3 rings (SSSR count). The number of aromatic amines is 1. The molecule has 2 aromatic carbocycles. The summed E-state index contributed by atoms with van der Waals surface area (Å²) in [5.74, 6) is 0.738. The number of carbonyl (C=O) groups excluding carboxylic acids is 1. The van der Waals surface area contributed by atoms with Crippen LogP contribution in [0.15, 0.2) is 54.6 Å². The van der Waals surface area contributed by atoms with E-state index in [1.54, 1.807) is 7.11 Å². The van der Waals surface area contributed by atoms with Crippen LogP contribution in [0.3, 0.4) is 0 Å². The van der Waals surface area contributed by atoms with Gasteiger partial charge in [0.05, 0.1) is 13.7 Å². The van der Waals surface area contributed by atoms with Crippen molar-refractivity contribution in [3.63, 3.8) is 0 Å². The molecule has 0 bridgehead atoms. The second-order valence-electron chi connectivity index (χ2n) is 5.94. The van der Waals surface area contributed by atoms with Crippen molar-refractivity contribution in [3.05, 3.63) is 60.3 Å². The zero-order valence-corrected chi connectivity index (χ0v) is 14.5. The van der Waals surface area contributed by atoms with Gasteiger partial charge in [0.2, 0.25) is 5.91 Å². The van der Waals surface area contributed by atoms with Crippen LogP contribution in [-0.4, -0.2) is 24.0 Å². The van der Waals surface area contributed by atoms with Gasteiger partial charge in [-0.15, -0.1) is 0 Å². The van der Waals surface area contributed by atoms with Crippen molar-refractivity contribution < 1.29 is 9.53 Å². The molecule has 0 saturated heterocycles. The number of hydrogen-bond donors (Lipinski definition) is 3. The highest BCUT2D eigenvalue weighted by Crippen LogP contribution is 2.18. The molecule has 0 aliphatic heterocycles. The van der Waals surface area contributed by atoms with Crippen LogP contribution in [0.4, 0.5) is 5.69 Å². The summed E-state index contributed by atoms with van der Waals surface area (Å²) >= 11 is 0. The molecule has 0 radical (unpaired) electrons. The van der Waals surface area contributed by atoms with Crippen LogP contribution in [0.2, 0.25) is 0 Å².